The topological polar surface area (TPSA) is 97.5 Å². The Morgan fingerprint density at radius 3 is 2.22 bits per heavy atom. The molecule has 0 saturated heterocycles. The Labute approximate surface area is 139 Å². The Balaban J connectivity index is 3.03. The van der Waals surface area contributed by atoms with E-state index in [2.05, 4.69) is 0 Å². The molecule has 0 radical (unpaired) electrons. The van der Waals surface area contributed by atoms with E-state index >= 15 is 0 Å². The number of rotatable bonds is 8. The smallest absolute Gasteiger partial charge is 0.242 e. The van der Waals surface area contributed by atoms with Gasteiger partial charge in [0.25, 0.3) is 0 Å². The zero-order valence-corrected chi connectivity index (χ0v) is 15.7. The minimum absolute atomic E-state index is 0.0207. The Morgan fingerprint density at radius 2 is 1.70 bits per heavy atom. The summed E-state index contributed by atoms with van der Waals surface area (Å²) < 4.78 is 50.2. The van der Waals surface area contributed by atoms with E-state index in [-0.39, 0.29) is 34.0 Å². The highest BCUT2D eigenvalue weighted by Gasteiger charge is 2.23. The summed E-state index contributed by atoms with van der Waals surface area (Å²) in [5.41, 5.74) is 5.95. The van der Waals surface area contributed by atoms with Gasteiger partial charge in [0.1, 0.15) is 0 Å². The first-order valence-corrected chi connectivity index (χ1v) is 10.7. The molecule has 1 aromatic rings. The fraction of sp³-hybridized carbons (Fsp3) is 0.600. The number of sulfone groups is 1. The fourth-order valence-electron chi connectivity index (χ4n) is 1.96. The Hall–Kier alpha value is -0.960. The predicted molar refractivity (Wildman–Crippen MR) is 91.4 cm³/mol. The van der Waals surface area contributed by atoms with E-state index in [1.807, 2.05) is 13.8 Å². The lowest BCUT2D eigenvalue weighted by Gasteiger charge is -2.21. The quantitative estimate of drug-likeness (QED) is 0.755. The standard InChI is InChI=1S/C15H26N2O4S2/c1-5-22(18,19)13-7-6-8-14(11-13)23(20,21)17(4)10-9-15(16)12(2)3/h6-8,11-12,15H,5,9-10,16H2,1-4H3. The van der Waals surface area contributed by atoms with Crippen LogP contribution in [0.25, 0.3) is 0 Å². The normalized spacial score (nSPS) is 14.4. The van der Waals surface area contributed by atoms with Crippen LogP contribution in [0.2, 0.25) is 0 Å². The van der Waals surface area contributed by atoms with Gasteiger partial charge < -0.3 is 5.73 Å². The Kier molecular flexibility index (Phi) is 6.76. The molecule has 0 bridgehead atoms. The zero-order chi connectivity index (χ0) is 17.8. The van der Waals surface area contributed by atoms with Crippen molar-refractivity contribution < 1.29 is 16.8 Å². The third-order valence-corrected chi connectivity index (χ3v) is 7.47. The lowest BCUT2D eigenvalue weighted by Crippen LogP contribution is -2.34. The minimum atomic E-state index is -3.74. The summed E-state index contributed by atoms with van der Waals surface area (Å²) in [6.07, 6.45) is 0.542. The predicted octanol–water partition coefficient (Wildman–Crippen LogP) is 1.47. The Bertz CT molecular complexity index is 728. The minimum Gasteiger partial charge on any atom is -0.327 e. The first kappa shape index (κ1) is 20.1. The SMILES string of the molecule is CCS(=O)(=O)c1cccc(S(=O)(=O)N(C)CCC(N)C(C)C)c1. The number of nitrogens with two attached hydrogens (primary N) is 1. The van der Waals surface area contributed by atoms with Crippen molar-refractivity contribution in [2.45, 2.75) is 43.0 Å². The van der Waals surface area contributed by atoms with Gasteiger partial charge in [0.2, 0.25) is 10.0 Å². The summed E-state index contributed by atoms with van der Waals surface area (Å²) in [5.74, 6) is 0.194. The van der Waals surface area contributed by atoms with E-state index in [4.69, 9.17) is 5.73 Å². The largest absolute Gasteiger partial charge is 0.327 e. The van der Waals surface area contributed by atoms with Crippen LogP contribution in [0.5, 0.6) is 0 Å². The van der Waals surface area contributed by atoms with Gasteiger partial charge in [0.05, 0.1) is 15.5 Å². The van der Waals surface area contributed by atoms with E-state index in [1.54, 1.807) is 0 Å². The van der Waals surface area contributed by atoms with Crippen LogP contribution in [-0.2, 0) is 19.9 Å². The summed E-state index contributed by atoms with van der Waals surface area (Å²) in [4.78, 5) is 0.000926. The van der Waals surface area contributed by atoms with Crippen molar-refractivity contribution in [1.29, 1.82) is 0 Å². The summed E-state index contributed by atoms with van der Waals surface area (Å²) in [7, 11) is -5.71. The van der Waals surface area contributed by atoms with Crippen LogP contribution in [0.3, 0.4) is 0 Å². The molecule has 0 aliphatic rings. The zero-order valence-electron chi connectivity index (χ0n) is 14.1. The van der Waals surface area contributed by atoms with Gasteiger partial charge >= 0.3 is 0 Å². The lowest BCUT2D eigenvalue weighted by atomic mass is 10.0. The van der Waals surface area contributed by atoms with Crippen molar-refractivity contribution in [2.75, 3.05) is 19.3 Å². The molecule has 0 saturated carbocycles. The van der Waals surface area contributed by atoms with Crippen LogP contribution in [-0.4, -0.2) is 46.5 Å². The average Bonchev–Trinajstić information content (AvgIpc) is 2.51. The molecule has 1 rings (SSSR count). The molecule has 8 heteroatoms. The number of hydrogen-bond acceptors (Lipinski definition) is 5. The molecule has 0 aromatic heterocycles. The van der Waals surface area contributed by atoms with Crippen LogP contribution < -0.4 is 5.73 Å². The van der Waals surface area contributed by atoms with Crippen LogP contribution >= 0.6 is 0 Å². The van der Waals surface area contributed by atoms with Gasteiger partial charge in [-0.15, -0.1) is 0 Å². The molecular formula is C15H26N2O4S2. The van der Waals surface area contributed by atoms with E-state index in [0.29, 0.717) is 6.42 Å². The molecule has 2 N–H and O–H groups in total. The van der Waals surface area contributed by atoms with Crippen LogP contribution in [0.1, 0.15) is 27.2 Å². The highest BCUT2D eigenvalue weighted by atomic mass is 32.2. The maximum absolute atomic E-state index is 12.6. The molecular weight excluding hydrogens is 336 g/mol. The molecule has 0 amide bonds. The van der Waals surface area contributed by atoms with Gasteiger partial charge in [-0.25, -0.2) is 21.1 Å². The van der Waals surface area contributed by atoms with Gasteiger partial charge in [0.15, 0.2) is 9.84 Å². The summed E-state index contributed by atoms with van der Waals surface area (Å²) >= 11 is 0. The van der Waals surface area contributed by atoms with Crippen LogP contribution in [0, 0.1) is 5.92 Å². The van der Waals surface area contributed by atoms with Crippen molar-refractivity contribution in [1.82, 2.24) is 4.31 Å². The molecule has 132 valence electrons. The molecule has 0 fully saturated rings. The van der Waals surface area contributed by atoms with Crippen LogP contribution in [0.15, 0.2) is 34.1 Å². The first-order valence-electron chi connectivity index (χ1n) is 7.57. The van der Waals surface area contributed by atoms with Crippen molar-refractivity contribution in [3.63, 3.8) is 0 Å². The van der Waals surface area contributed by atoms with Gasteiger partial charge in [0, 0.05) is 19.6 Å². The third-order valence-electron chi connectivity index (χ3n) is 3.89. The van der Waals surface area contributed by atoms with E-state index in [0.717, 1.165) is 0 Å². The highest BCUT2D eigenvalue weighted by Crippen LogP contribution is 2.20. The molecule has 1 unspecified atom stereocenters. The number of hydrogen-bond donors (Lipinski definition) is 1. The number of sulfonamides is 1. The van der Waals surface area contributed by atoms with Gasteiger partial charge in [-0.1, -0.05) is 26.8 Å². The maximum atomic E-state index is 12.6. The molecule has 23 heavy (non-hydrogen) atoms. The number of nitrogens with zero attached hydrogens (tertiary/aromatic N) is 1. The Morgan fingerprint density at radius 1 is 1.13 bits per heavy atom. The van der Waals surface area contributed by atoms with E-state index in [9.17, 15) is 16.8 Å². The van der Waals surface area contributed by atoms with Crippen molar-refractivity contribution in [2.24, 2.45) is 11.7 Å². The lowest BCUT2D eigenvalue weighted by molar-refractivity contribution is 0.397. The van der Waals surface area contributed by atoms with Gasteiger partial charge in [-0.3, -0.25) is 0 Å². The summed E-state index contributed by atoms with van der Waals surface area (Å²) in [6, 6.07) is 5.39. The number of benzene rings is 1. The van der Waals surface area contributed by atoms with Crippen molar-refractivity contribution >= 4 is 19.9 Å². The maximum Gasteiger partial charge on any atom is 0.242 e. The van der Waals surface area contributed by atoms with E-state index < -0.39 is 19.9 Å². The molecule has 6 nitrogen and oxygen atoms in total. The highest BCUT2D eigenvalue weighted by molar-refractivity contribution is 7.91. The van der Waals surface area contributed by atoms with Gasteiger partial charge in [-0.05, 0) is 30.5 Å². The average molecular weight is 363 g/mol. The van der Waals surface area contributed by atoms with Crippen LogP contribution in [0.4, 0.5) is 0 Å². The summed E-state index contributed by atoms with van der Waals surface area (Å²) in [5, 5.41) is 0. The van der Waals surface area contributed by atoms with Crippen molar-refractivity contribution in [3.8, 4) is 0 Å². The fourth-order valence-corrected chi connectivity index (χ4v) is 4.19. The molecule has 0 aliphatic heterocycles. The second kappa shape index (κ2) is 7.74. The van der Waals surface area contributed by atoms with E-state index in [1.165, 1.54) is 42.5 Å². The summed E-state index contributed by atoms with van der Waals surface area (Å²) in [6.45, 7) is 5.78. The second-order valence-electron chi connectivity index (χ2n) is 5.90. The third kappa shape index (κ3) is 5.00. The van der Waals surface area contributed by atoms with Gasteiger partial charge in [-0.2, -0.15) is 0 Å². The molecule has 0 aliphatic carbocycles. The molecule has 0 heterocycles. The molecule has 1 aromatic carbocycles. The molecule has 0 spiro atoms. The van der Waals surface area contributed by atoms with Crippen molar-refractivity contribution in [3.05, 3.63) is 24.3 Å². The monoisotopic (exact) mass is 362 g/mol. The first-order chi connectivity index (χ1) is 10.5. The second-order valence-corrected chi connectivity index (χ2v) is 10.2. The molecule has 1 atom stereocenters.